The quantitative estimate of drug-likeness (QED) is 0.198. The number of hydrogen-bond acceptors (Lipinski definition) is 5. The van der Waals surface area contributed by atoms with Gasteiger partial charge in [-0.15, -0.1) is 0 Å². The van der Waals surface area contributed by atoms with Crippen LogP contribution < -0.4 is 15.0 Å². The van der Waals surface area contributed by atoms with Crippen LogP contribution in [0.2, 0.25) is 0 Å². The molecule has 202 valence electrons. The first kappa shape index (κ1) is 26.9. The first-order valence-corrected chi connectivity index (χ1v) is 13.4. The van der Waals surface area contributed by atoms with E-state index in [1.165, 1.54) is 10.2 Å². The number of nitrogens with zero attached hydrogens (tertiary/aromatic N) is 3. The number of benzene rings is 4. The van der Waals surface area contributed by atoms with E-state index in [0.29, 0.717) is 29.1 Å². The van der Waals surface area contributed by atoms with E-state index in [1.54, 1.807) is 19.4 Å². The number of hydrogen-bond donors (Lipinski definition) is 0. The Bertz CT molecular complexity index is 1770. The van der Waals surface area contributed by atoms with Crippen LogP contribution in [0, 0.1) is 13.8 Å². The molecule has 5 rings (SSSR count). The van der Waals surface area contributed by atoms with Crippen molar-refractivity contribution in [2.75, 3.05) is 7.11 Å². The Morgan fingerprint density at radius 1 is 0.925 bits per heavy atom. The van der Waals surface area contributed by atoms with Crippen LogP contribution in [0.3, 0.4) is 0 Å². The third kappa shape index (κ3) is 5.52. The minimum absolute atomic E-state index is 0.218. The van der Waals surface area contributed by atoms with E-state index < -0.39 is 0 Å². The lowest BCUT2D eigenvalue weighted by Crippen LogP contribution is -2.21. The molecular formula is C34H33N3O3. The number of aromatic nitrogens is 2. The fourth-order valence-corrected chi connectivity index (χ4v) is 4.77. The topological polar surface area (TPSA) is 65.7 Å². The van der Waals surface area contributed by atoms with Gasteiger partial charge in [-0.1, -0.05) is 67.9 Å². The number of aryl methyl sites for hydroxylation is 2. The molecule has 6 nitrogen and oxygen atoms in total. The summed E-state index contributed by atoms with van der Waals surface area (Å²) >= 11 is 0. The molecule has 1 aromatic heterocycles. The molecule has 1 heterocycles. The van der Waals surface area contributed by atoms with Gasteiger partial charge >= 0.3 is 0 Å². The molecule has 0 saturated heterocycles. The molecule has 40 heavy (non-hydrogen) atoms. The maximum atomic E-state index is 13.8. The standard InChI is InChI=1S/C34H33N3O3/c1-22(2)28-19-29(24(4)18-32(28)39-5)33-36-30-15-8-7-14-27(30)34(38)37(33)35-20-26-13-6-9-16-31(26)40-21-25-12-10-11-23(3)17-25/h6-20,22H,21H2,1-5H3. The maximum absolute atomic E-state index is 13.8. The highest BCUT2D eigenvalue weighted by Gasteiger charge is 2.18. The molecule has 0 saturated carbocycles. The predicted molar refractivity (Wildman–Crippen MR) is 162 cm³/mol. The molecule has 0 atom stereocenters. The Hall–Kier alpha value is -4.71. The van der Waals surface area contributed by atoms with Gasteiger partial charge < -0.3 is 9.47 Å². The minimum atomic E-state index is -0.240. The van der Waals surface area contributed by atoms with Crippen molar-refractivity contribution >= 4 is 17.1 Å². The predicted octanol–water partition coefficient (Wildman–Crippen LogP) is 7.27. The smallest absolute Gasteiger partial charge is 0.282 e. The summed E-state index contributed by atoms with van der Waals surface area (Å²) in [4.78, 5) is 18.7. The minimum Gasteiger partial charge on any atom is -0.496 e. The molecule has 0 amide bonds. The van der Waals surface area contributed by atoms with Crippen molar-refractivity contribution in [2.24, 2.45) is 5.10 Å². The third-order valence-electron chi connectivity index (χ3n) is 6.90. The molecule has 0 aliphatic heterocycles. The lowest BCUT2D eigenvalue weighted by atomic mass is 9.96. The molecule has 5 aromatic rings. The fourth-order valence-electron chi connectivity index (χ4n) is 4.77. The second-order valence-corrected chi connectivity index (χ2v) is 10.2. The number of para-hydroxylation sites is 2. The molecule has 0 spiro atoms. The molecule has 0 fully saturated rings. The van der Waals surface area contributed by atoms with Gasteiger partial charge in [0, 0.05) is 11.1 Å². The Kier molecular flexibility index (Phi) is 7.78. The van der Waals surface area contributed by atoms with Crippen molar-refractivity contribution in [2.45, 2.75) is 40.2 Å². The van der Waals surface area contributed by atoms with Crippen molar-refractivity contribution in [3.63, 3.8) is 0 Å². The average molecular weight is 532 g/mol. The number of ether oxygens (including phenoxy) is 2. The molecule has 0 N–H and O–H groups in total. The van der Waals surface area contributed by atoms with Crippen molar-refractivity contribution < 1.29 is 9.47 Å². The Morgan fingerprint density at radius 3 is 2.48 bits per heavy atom. The second kappa shape index (κ2) is 11.6. The summed E-state index contributed by atoms with van der Waals surface area (Å²) in [6.45, 7) is 8.71. The summed E-state index contributed by atoms with van der Waals surface area (Å²) in [7, 11) is 1.67. The Morgan fingerprint density at radius 2 is 1.70 bits per heavy atom. The summed E-state index contributed by atoms with van der Waals surface area (Å²) in [5, 5.41) is 5.20. The van der Waals surface area contributed by atoms with Gasteiger partial charge in [0.15, 0.2) is 5.82 Å². The van der Waals surface area contributed by atoms with Crippen molar-refractivity contribution in [3.8, 4) is 22.9 Å². The van der Waals surface area contributed by atoms with E-state index in [4.69, 9.17) is 19.6 Å². The zero-order chi connectivity index (χ0) is 28.2. The molecule has 0 unspecified atom stereocenters. The van der Waals surface area contributed by atoms with E-state index in [9.17, 15) is 4.79 Å². The van der Waals surface area contributed by atoms with Crippen molar-refractivity contribution in [1.29, 1.82) is 0 Å². The number of methoxy groups -OCH3 is 1. The SMILES string of the molecule is COc1cc(C)c(-c2nc3ccccc3c(=O)n2N=Cc2ccccc2OCc2cccc(C)c2)cc1C(C)C. The Labute approximate surface area is 234 Å². The molecule has 0 aliphatic rings. The van der Waals surface area contributed by atoms with Crippen LogP contribution in [0.25, 0.3) is 22.3 Å². The maximum Gasteiger partial charge on any atom is 0.282 e. The van der Waals surface area contributed by atoms with E-state index in [-0.39, 0.29) is 11.5 Å². The van der Waals surface area contributed by atoms with Gasteiger partial charge in [0.05, 0.1) is 24.2 Å². The lowest BCUT2D eigenvalue weighted by Gasteiger charge is -2.17. The highest BCUT2D eigenvalue weighted by molar-refractivity contribution is 5.84. The Balaban J connectivity index is 1.61. The van der Waals surface area contributed by atoms with Gasteiger partial charge in [-0.3, -0.25) is 4.79 Å². The normalized spacial score (nSPS) is 11.4. The largest absolute Gasteiger partial charge is 0.496 e. The zero-order valence-corrected chi connectivity index (χ0v) is 23.5. The summed E-state index contributed by atoms with van der Waals surface area (Å²) in [6, 6.07) is 27.3. The van der Waals surface area contributed by atoms with E-state index in [1.807, 2.05) is 67.6 Å². The van der Waals surface area contributed by atoms with Crippen molar-refractivity contribution in [3.05, 3.63) is 123 Å². The van der Waals surface area contributed by atoms with Crippen LogP contribution in [0.5, 0.6) is 11.5 Å². The monoisotopic (exact) mass is 531 g/mol. The van der Waals surface area contributed by atoms with Crippen LogP contribution in [-0.4, -0.2) is 23.0 Å². The van der Waals surface area contributed by atoms with Gasteiger partial charge in [0.25, 0.3) is 5.56 Å². The first-order valence-electron chi connectivity index (χ1n) is 13.4. The van der Waals surface area contributed by atoms with Gasteiger partial charge in [0.1, 0.15) is 18.1 Å². The van der Waals surface area contributed by atoms with Gasteiger partial charge in [-0.25, -0.2) is 4.98 Å². The summed E-state index contributed by atoms with van der Waals surface area (Å²) in [5.74, 6) is 2.18. The molecular weight excluding hydrogens is 498 g/mol. The van der Waals surface area contributed by atoms with Gasteiger partial charge in [-0.2, -0.15) is 9.78 Å². The van der Waals surface area contributed by atoms with Gasteiger partial charge in [0.2, 0.25) is 0 Å². The fraction of sp³-hybridized carbons (Fsp3) is 0.206. The van der Waals surface area contributed by atoms with Crippen LogP contribution in [0.1, 0.15) is 47.6 Å². The summed E-state index contributed by atoms with van der Waals surface area (Å²) < 4.78 is 13.2. The number of fused-ring (bicyclic) bond motifs is 1. The van der Waals surface area contributed by atoms with E-state index in [2.05, 4.69) is 39.0 Å². The molecule has 4 aromatic carbocycles. The average Bonchev–Trinajstić information content (AvgIpc) is 2.95. The number of rotatable bonds is 8. The van der Waals surface area contributed by atoms with Gasteiger partial charge in [-0.05, 0) is 72.9 Å². The van der Waals surface area contributed by atoms with E-state index in [0.717, 1.165) is 33.6 Å². The molecule has 6 heteroatoms. The van der Waals surface area contributed by atoms with Crippen LogP contribution in [0.4, 0.5) is 0 Å². The lowest BCUT2D eigenvalue weighted by molar-refractivity contribution is 0.305. The summed E-state index contributed by atoms with van der Waals surface area (Å²) in [6.07, 6.45) is 1.66. The van der Waals surface area contributed by atoms with Crippen molar-refractivity contribution in [1.82, 2.24) is 9.66 Å². The van der Waals surface area contributed by atoms with Crippen LogP contribution in [-0.2, 0) is 6.61 Å². The first-order chi connectivity index (χ1) is 19.4. The molecule has 0 bridgehead atoms. The molecule has 0 aliphatic carbocycles. The highest BCUT2D eigenvalue weighted by Crippen LogP contribution is 2.34. The van der Waals surface area contributed by atoms with E-state index >= 15 is 0 Å². The van der Waals surface area contributed by atoms with Crippen LogP contribution in [0.15, 0.2) is 94.8 Å². The zero-order valence-electron chi connectivity index (χ0n) is 23.5. The molecule has 0 radical (unpaired) electrons. The summed E-state index contributed by atoms with van der Waals surface area (Å²) in [5.41, 5.74) is 6.21. The highest BCUT2D eigenvalue weighted by atomic mass is 16.5. The third-order valence-corrected chi connectivity index (χ3v) is 6.90. The van der Waals surface area contributed by atoms with Crippen LogP contribution >= 0.6 is 0 Å². The second-order valence-electron chi connectivity index (χ2n) is 10.2.